The normalized spacial score (nSPS) is 15.8. The van der Waals surface area contributed by atoms with E-state index in [4.69, 9.17) is 9.47 Å². The van der Waals surface area contributed by atoms with Crippen molar-refractivity contribution in [1.29, 1.82) is 0 Å². The molecular weight excluding hydrogens is 470 g/mol. The first-order valence-electron chi connectivity index (χ1n) is 11.2. The van der Waals surface area contributed by atoms with Crippen molar-refractivity contribution >= 4 is 34.6 Å². The number of carbonyl (C=O) groups excluding carboxylic acids is 1. The van der Waals surface area contributed by atoms with E-state index < -0.39 is 0 Å². The van der Waals surface area contributed by atoms with Gasteiger partial charge in [-0.25, -0.2) is 13.8 Å². The Morgan fingerprint density at radius 2 is 1.74 bits per heavy atom. The number of amidine groups is 1. The summed E-state index contributed by atoms with van der Waals surface area (Å²) in [6.07, 6.45) is 1.78. The molecule has 5 nitrogen and oxygen atoms in total. The highest BCUT2D eigenvalue weighted by Crippen LogP contribution is 2.36. The van der Waals surface area contributed by atoms with Gasteiger partial charge in [0.1, 0.15) is 18.2 Å². The molecule has 8 heteroatoms. The summed E-state index contributed by atoms with van der Waals surface area (Å²) in [6.45, 7) is 4.83. The fraction of sp³-hybridized carbons (Fsp3) is 0.185. The molecule has 1 aliphatic rings. The van der Waals surface area contributed by atoms with Gasteiger partial charge in [-0.1, -0.05) is 18.2 Å². The summed E-state index contributed by atoms with van der Waals surface area (Å²) in [6, 6.07) is 17.4. The number of hydrogen-bond acceptors (Lipinski definition) is 5. The molecule has 0 unspecified atom stereocenters. The molecule has 3 aromatic rings. The molecule has 0 saturated carbocycles. The average molecular weight is 495 g/mol. The van der Waals surface area contributed by atoms with Crippen molar-refractivity contribution in [2.45, 2.75) is 20.5 Å². The second-order valence-electron chi connectivity index (χ2n) is 7.59. The van der Waals surface area contributed by atoms with Gasteiger partial charge in [-0.05, 0) is 91.3 Å². The van der Waals surface area contributed by atoms with E-state index in [0.29, 0.717) is 46.0 Å². The maximum atomic E-state index is 13.4. The van der Waals surface area contributed by atoms with Crippen molar-refractivity contribution in [3.63, 3.8) is 0 Å². The van der Waals surface area contributed by atoms with E-state index in [1.807, 2.05) is 19.9 Å². The largest absolute Gasteiger partial charge is 0.490 e. The molecule has 1 fully saturated rings. The van der Waals surface area contributed by atoms with E-state index >= 15 is 0 Å². The predicted molar refractivity (Wildman–Crippen MR) is 135 cm³/mol. The molecule has 0 bridgehead atoms. The minimum atomic E-state index is -0.342. The Kier molecular flexibility index (Phi) is 7.82. The lowest BCUT2D eigenvalue weighted by atomic mass is 10.1. The van der Waals surface area contributed by atoms with Crippen LogP contribution >= 0.6 is 11.8 Å². The quantitative estimate of drug-likeness (QED) is 0.333. The number of halogens is 2. The molecule has 180 valence electrons. The molecule has 1 amide bonds. The Bertz CT molecular complexity index is 1280. The lowest BCUT2D eigenvalue weighted by molar-refractivity contribution is -0.122. The highest BCUT2D eigenvalue weighted by Gasteiger charge is 2.32. The van der Waals surface area contributed by atoms with Crippen LogP contribution in [0.3, 0.4) is 0 Å². The number of nitrogens with zero attached hydrogens (tertiary/aromatic N) is 2. The van der Waals surface area contributed by atoms with Crippen molar-refractivity contribution in [2.24, 2.45) is 4.99 Å². The minimum Gasteiger partial charge on any atom is -0.490 e. The molecule has 4 rings (SSSR count). The van der Waals surface area contributed by atoms with Gasteiger partial charge in [-0.2, -0.15) is 0 Å². The fourth-order valence-corrected chi connectivity index (χ4v) is 4.50. The van der Waals surface area contributed by atoms with Crippen LogP contribution in [-0.2, 0) is 11.4 Å². The van der Waals surface area contributed by atoms with Gasteiger partial charge in [0, 0.05) is 6.54 Å². The average Bonchev–Trinajstić information content (AvgIpc) is 3.13. The summed E-state index contributed by atoms with van der Waals surface area (Å²) in [7, 11) is 0. The van der Waals surface area contributed by atoms with E-state index in [2.05, 4.69) is 4.99 Å². The molecule has 0 radical (unpaired) electrons. The molecule has 1 heterocycles. The van der Waals surface area contributed by atoms with Crippen LogP contribution in [0.1, 0.15) is 25.0 Å². The van der Waals surface area contributed by atoms with Crippen LogP contribution in [0, 0.1) is 11.6 Å². The standard InChI is InChI=1S/C27H24F2N2O3S/c1-3-31-26(32)25(35-27(31)30-22-11-9-20(28)10-12-22)16-18-8-13-23(24(15-18)33-4-2)34-17-19-6-5-7-21(29)14-19/h5-16H,3-4,17H2,1-2H3/b25-16+,30-27?. The van der Waals surface area contributed by atoms with Gasteiger partial charge in [0.15, 0.2) is 16.7 Å². The van der Waals surface area contributed by atoms with Gasteiger partial charge >= 0.3 is 0 Å². The van der Waals surface area contributed by atoms with E-state index in [0.717, 1.165) is 5.56 Å². The maximum absolute atomic E-state index is 13.4. The lowest BCUT2D eigenvalue weighted by Crippen LogP contribution is -2.28. The van der Waals surface area contributed by atoms with E-state index in [9.17, 15) is 13.6 Å². The number of amides is 1. The van der Waals surface area contributed by atoms with E-state index in [1.54, 1.807) is 47.4 Å². The molecule has 1 saturated heterocycles. The fourth-order valence-electron chi connectivity index (χ4n) is 3.44. The van der Waals surface area contributed by atoms with Gasteiger partial charge in [-0.15, -0.1) is 0 Å². The van der Waals surface area contributed by atoms with Crippen LogP contribution in [0.15, 0.2) is 76.6 Å². The number of hydrogen-bond donors (Lipinski definition) is 0. The number of likely N-dealkylation sites (N-methyl/N-ethyl adjacent to an activating group) is 1. The first-order chi connectivity index (χ1) is 17.0. The third-order valence-electron chi connectivity index (χ3n) is 5.10. The zero-order valence-corrected chi connectivity index (χ0v) is 20.1. The van der Waals surface area contributed by atoms with Crippen molar-refractivity contribution in [2.75, 3.05) is 13.2 Å². The van der Waals surface area contributed by atoms with Gasteiger partial charge in [0.2, 0.25) is 0 Å². The van der Waals surface area contributed by atoms with E-state index in [-0.39, 0.29) is 24.1 Å². The summed E-state index contributed by atoms with van der Waals surface area (Å²) in [5.41, 5.74) is 2.04. The van der Waals surface area contributed by atoms with Crippen LogP contribution in [0.2, 0.25) is 0 Å². The minimum absolute atomic E-state index is 0.150. The highest BCUT2D eigenvalue weighted by atomic mass is 32.2. The molecule has 0 aromatic heterocycles. The Morgan fingerprint density at radius 1 is 0.943 bits per heavy atom. The summed E-state index contributed by atoms with van der Waals surface area (Å²) in [4.78, 5) is 19.6. The summed E-state index contributed by atoms with van der Waals surface area (Å²) >= 11 is 1.26. The van der Waals surface area contributed by atoms with Crippen molar-refractivity contribution in [1.82, 2.24) is 4.90 Å². The van der Waals surface area contributed by atoms with Crippen molar-refractivity contribution < 1.29 is 23.0 Å². The molecule has 0 spiro atoms. The molecule has 0 aliphatic carbocycles. The Morgan fingerprint density at radius 3 is 2.46 bits per heavy atom. The number of aliphatic imine (C=N–C) groups is 1. The second-order valence-corrected chi connectivity index (χ2v) is 8.60. The van der Waals surface area contributed by atoms with Crippen LogP contribution in [0.5, 0.6) is 11.5 Å². The smallest absolute Gasteiger partial charge is 0.266 e. The van der Waals surface area contributed by atoms with E-state index in [1.165, 1.54) is 36.0 Å². The number of thioether (sulfide) groups is 1. The highest BCUT2D eigenvalue weighted by molar-refractivity contribution is 8.18. The van der Waals surface area contributed by atoms with Gasteiger partial charge in [0.25, 0.3) is 5.91 Å². The number of carbonyl (C=O) groups is 1. The Hall–Kier alpha value is -3.65. The summed E-state index contributed by atoms with van der Waals surface area (Å²) in [5, 5.41) is 0.537. The monoisotopic (exact) mass is 494 g/mol. The zero-order chi connectivity index (χ0) is 24.8. The SMILES string of the molecule is CCOc1cc(/C=C2/SC(=Nc3ccc(F)cc3)N(CC)C2=O)ccc1OCc1cccc(F)c1. The van der Waals surface area contributed by atoms with Crippen LogP contribution in [0.4, 0.5) is 14.5 Å². The number of benzene rings is 3. The zero-order valence-electron chi connectivity index (χ0n) is 19.3. The van der Waals surface area contributed by atoms with Crippen LogP contribution < -0.4 is 9.47 Å². The molecule has 1 aliphatic heterocycles. The summed E-state index contributed by atoms with van der Waals surface area (Å²) < 4.78 is 38.3. The Balaban J connectivity index is 1.56. The van der Waals surface area contributed by atoms with Crippen LogP contribution in [-0.4, -0.2) is 29.1 Å². The third-order valence-corrected chi connectivity index (χ3v) is 6.11. The topological polar surface area (TPSA) is 51.1 Å². The molecule has 0 N–H and O–H groups in total. The number of ether oxygens (including phenoxy) is 2. The summed E-state index contributed by atoms with van der Waals surface area (Å²) in [5.74, 6) is 0.243. The third kappa shape index (κ3) is 6.08. The molecule has 35 heavy (non-hydrogen) atoms. The molecule has 0 atom stereocenters. The molecule has 3 aromatic carbocycles. The van der Waals surface area contributed by atoms with Crippen LogP contribution in [0.25, 0.3) is 6.08 Å². The van der Waals surface area contributed by atoms with Gasteiger partial charge < -0.3 is 9.47 Å². The second kappa shape index (κ2) is 11.2. The van der Waals surface area contributed by atoms with Gasteiger partial charge in [0.05, 0.1) is 17.2 Å². The Labute approximate surface area is 207 Å². The number of rotatable bonds is 8. The first-order valence-corrected chi connectivity index (χ1v) is 12.0. The van der Waals surface area contributed by atoms with Crippen molar-refractivity contribution in [3.05, 3.63) is 94.4 Å². The molecular formula is C27H24F2N2O3S. The maximum Gasteiger partial charge on any atom is 0.266 e. The lowest BCUT2D eigenvalue weighted by Gasteiger charge is -2.13. The van der Waals surface area contributed by atoms with Gasteiger partial charge in [-0.3, -0.25) is 9.69 Å². The van der Waals surface area contributed by atoms with Crippen molar-refractivity contribution in [3.8, 4) is 11.5 Å². The predicted octanol–water partition coefficient (Wildman–Crippen LogP) is 6.57. The first kappa shape index (κ1) is 24.5.